The van der Waals surface area contributed by atoms with Crippen molar-refractivity contribution >= 4 is 17.8 Å². The van der Waals surface area contributed by atoms with Crippen LogP contribution in [-0.4, -0.2) is 39.9 Å². The summed E-state index contributed by atoms with van der Waals surface area (Å²) in [5.41, 5.74) is 5.54. The van der Waals surface area contributed by atoms with E-state index in [0.29, 0.717) is 42.6 Å². The van der Waals surface area contributed by atoms with E-state index in [-0.39, 0.29) is 23.7 Å². The van der Waals surface area contributed by atoms with E-state index in [1.807, 2.05) is 6.92 Å². The number of aromatic amines is 2. The summed E-state index contributed by atoms with van der Waals surface area (Å²) >= 11 is 0. The standard InChI is InChI=1S/C31H49N3O3.C8H15NO/c1-8-19(3)21(5)31(7,20(4)9-2)27-16-24(17-29(36)37)30(34-27)26-15-25(22(6)33-26)18-32-28(35)14-23-12-10-11-13-23;1-9-8(10)6-7-4-2-3-5-7/h15-16,19-21,23,33-34H,8-14,17-18H2,1-7H3,(H,32,35)(H,36,37);7H,2-6H2,1H3,(H,9,10). The highest BCUT2D eigenvalue weighted by atomic mass is 16.4. The van der Waals surface area contributed by atoms with Crippen molar-refractivity contribution in [2.45, 2.75) is 144 Å². The minimum absolute atomic E-state index is 0.0361. The molecule has 0 saturated heterocycles. The lowest BCUT2D eigenvalue weighted by Crippen LogP contribution is -2.40. The van der Waals surface area contributed by atoms with E-state index in [4.69, 9.17) is 0 Å². The van der Waals surface area contributed by atoms with Gasteiger partial charge in [0.05, 0.1) is 17.8 Å². The summed E-state index contributed by atoms with van der Waals surface area (Å²) in [7, 11) is 1.71. The summed E-state index contributed by atoms with van der Waals surface area (Å²) in [5.74, 6) is 2.08. The molecule has 2 fully saturated rings. The van der Waals surface area contributed by atoms with Crippen LogP contribution in [0.15, 0.2) is 12.1 Å². The van der Waals surface area contributed by atoms with Gasteiger partial charge in [-0.1, -0.05) is 80.1 Å². The van der Waals surface area contributed by atoms with Crippen LogP contribution < -0.4 is 10.6 Å². The maximum absolute atomic E-state index is 12.5. The number of aryl methyl sites for hydroxylation is 1. The van der Waals surface area contributed by atoms with Crippen LogP contribution in [0.2, 0.25) is 0 Å². The van der Waals surface area contributed by atoms with Crippen molar-refractivity contribution < 1.29 is 19.5 Å². The first-order valence-electron chi connectivity index (χ1n) is 18.4. The molecule has 4 rings (SSSR count). The number of hydrogen-bond donors (Lipinski definition) is 5. The molecule has 8 heteroatoms. The SMILES string of the molecule is CCC(C)C(C)C(C)(c1cc(CC(=O)O)c(-c2cc(CNC(=O)CC3CCCC3)c(C)[nH]2)[nH]1)C(C)CC.CNC(=O)CC1CCCC1. The number of H-pyrrole nitrogens is 2. The third-order valence-corrected chi connectivity index (χ3v) is 11.9. The maximum atomic E-state index is 12.5. The molecule has 2 aromatic rings. The molecule has 2 amide bonds. The number of carbonyl (C=O) groups is 3. The van der Waals surface area contributed by atoms with Gasteiger partial charge in [-0.15, -0.1) is 0 Å². The zero-order chi connectivity index (χ0) is 34.7. The molecule has 2 aliphatic carbocycles. The van der Waals surface area contributed by atoms with Crippen LogP contribution in [-0.2, 0) is 32.8 Å². The van der Waals surface area contributed by atoms with Gasteiger partial charge in [0, 0.05) is 43.2 Å². The van der Waals surface area contributed by atoms with Gasteiger partial charge in [0.2, 0.25) is 11.8 Å². The van der Waals surface area contributed by atoms with E-state index >= 15 is 0 Å². The van der Waals surface area contributed by atoms with Crippen LogP contribution in [0, 0.1) is 36.5 Å². The summed E-state index contributed by atoms with van der Waals surface area (Å²) in [6.45, 7) is 16.3. The summed E-state index contributed by atoms with van der Waals surface area (Å²) in [6.07, 6.45) is 13.4. The lowest BCUT2D eigenvalue weighted by molar-refractivity contribution is -0.136. The Bertz CT molecular complexity index is 1300. The van der Waals surface area contributed by atoms with Gasteiger partial charge in [-0.3, -0.25) is 14.4 Å². The average Bonchev–Trinajstić information content (AvgIpc) is 3.87. The maximum Gasteiger partial charge on any atom is 0.307 e. The quantitative estimate of drug-likeness (QED) is 0.132. The van der Waals surface area contributed by atoms with Gasteiger partial charge in [0.1, 0.15) is 0 Å². The Morgan fingerprint density at radius 1 is 0.894 bits per heavy atom. The minimum Gasteiger partial charge on any atom is -0.481 e. The molecule has 2 aromatic heterocycles. The van der Waals surface area contributed by atoms with Crippen molar-refractivity contribution in [3.05, 3.63) is 34.6 Å². The monoisotopic (exact) mass is 652 g/mol. The van der Waals surface area contributed by atoms with Crippen LogP contribution in [0.4, 0.5) is 0 Å². The number of hydrogen-bond acceptors (Lipinski definition) is 3. The smallest absolute Gasteiger partial charge is 0.307 e. The summed E-state index contributed by atoms with van der Waals surface area (Å²) in [6, 6.07) is 4.15. The fourth-order valence-corrected chi connectivity index (χ4v) is 7.90. The number of amides is 2. The van der Waals surface area contributed by atoms with Crippen LogP contribution in [0.3, 0.4) is 0 Å². The fourth-order valence-electron chi connectivity index (χ4n) is 7.90. The molecule has 4 atom stereocenters. The summed E-state index contributed by atoms with van der Waals surface area (Å²) in [5, 5.41) is 15.4. The van der Waals surface area contributed by atoms with Gasteiger partial charge in [-0.25, -0.2) is 0 Å². The molecule has 0 radical (unpaired) electrons. The molecule has 0 aromatic carbocycles. The van der Waals surface area contributed by atoms with E-state index in [1.54, 1.807) is 7.05 Å². The lowest BCUT2D eigenvalue weighted by atomic mass is 9.62. The van der Waals surface area contributed by atoms with Crippen LogP contribution in [0.1, 0.15) is 141 Å². The number of nitrogens with one attached hydrogen (secondary N) is 4. The molecular formula is C39H64N4O4. The normalized spacial score (nSPS) is 18.6. The first kappa shape index (κ1) is 38.4. The Morgan fingerprint density at radius 3 is 1.98 bits per heavy atom. The second-order valence-electron chi connectivity index (χ2n) is 14.9. The number of rotatable bonds is 15. The molecule has 8 nitrogen and oxygen atoms in total. The molecule has 47 heavy (non-hydrogen) atoms. The predicted octanol–water partition coefficient (Wildman–Crippen LogP) is 8.44. The van der Waals surface area contributed by atoms with Crippen molar-refractivity contribution in [3.8, 4) is 11.4 Å². The highest BCUT2D eigenvalue weighted by molar-refractivity contribution is 5.77. The van der Waals surface area contributed by atoms with Crippen molar-refractivity contribution in [2.24, 2.45) is 29.6 Å². The second-order valence-corrected chi connectivity index (χ2v) is 14.9. The average molecular weight is 653 g/mol. The lowest BCUT2D eigenvalue weighted by Gasteiger charge is -2.43. The molecule has 5 N–H and O–H groups in total. The zero-order valence-corrected chi connectivity index (χ0v) is 30.6. The number of carboxylic acid groups (broad SMARTS) is 1. The van der Waals surface area contributed by atoms with Gasteiger partial charge >= 0.3 is 5.97 Å². The zero-order valence-electron chi connectivity index (χ0n) is 30.6. The minimum atomic E-state index is -0.838. The van der Waals surface area contributed by atoms with E-state index in [9.17, 15) is 19.5 Å². The van der Waals surface area contributed by atoms with Gasteiger partial charge in [0.15, 0.2) is 0 Å². The van der Waals surface area contributed by atoms with Crippen molar-refractivity contribution in [1.82, 2.24) is 20.6 Å². The highest BCUT2D eigenvalue weighted by Gasteiger charge is 2.41. The molecule has 4 unspecified atom stereocenters. The Labute approximate surface area is 284 Å². The third-order valence-electron chi connectivity index (χ3n) is 11.9. The topological polar surface area (TPSA) is 127 Å². The molecule has 2 aliphatic rings. The van der Waals surface area contributed by atoms with Crippen LogP contribution >= 0.6 is 0 Å². The molecule has 0 aliphatic heterocycles. The third kappa shape index (κ3) is 10.2. The number of aliphatic carboxylic acids is 1. The van der Waals surface area contributed by atoms with Crippen molar-refractivity contribution in [2.75, 3.05) is 7.05 Å². The van der Waals surface area contributed by atoms with E-state index in [2.05, 4.69) is 74.3 Å². The molecule has 264 valence electrons. The van der Waals surface area contributed by atoms with Crippen LogP contribution in [0.5, 0.6) is 0 Å². The molecular weight excluding hydrogens is 588 g/mol. The Balaban J connectivity index is 0.000000511. The van der Waals surface area contributed by atoms with Crippen molar-refractivity contribution in [3.63, 3.8) is 0 Å². The first-order valence-corrected chi connectivity index (χ1v) is 18.4. The number of carbonyl (C=O) groups excluding carboxylic acids is 2. The Kier molecular flexibility index (Phi) is 14.7. The first-order chi connectivity index (χ1) is 22.3. The molecule has 0 bridgehead atoms. The second kappa shape index (κ2) is 17.9. The highest BCUT2D eigenvalue weighted by Crippen LogP contribution is 2.45. The van der Waals surface area contributed by atoms with E-state index < -0.39 is 5.97 Å². The molecule has 0 spiro atoms. The fraction of sp³-hybridized carbons (Fsp3) is 0.718. The number of carboxylic acids is 1. The van der Waals surface area contributed by atoms with Gasteiger partial charge in [0.25, 0.3) is 0 Å². The summed E-state index contributed by atoms with van der Waals surface area (Å²) in [4.78, 5) is 42.3. The Morgan fingerprint density at radius 2 is 1.47 bits per heavy atom. The Hall–Kier alpha value is -3.03. The van der Waals surface area contributed by atoms with Gasteiger partial charge in [-0.05, 0) is 85.5 Å². The van der Waals surface area contributed by atoms with E-state index in [0.717, 1.165) is 66.0 Å². The van der Waals surface area contributed by atoms with E-state index in [1.165, 1.54) is 38.5 Å². The molecule has 2 heterocycles. The van der Waals surface area contributed by atoms with Gasteiger partial charge in [-0.2, -0.15) is 0 Å². The largest absolute Gasteiger partial charge is 0.481 e. The van der Waals surface area contributed by atoms with Crippen molar-refractivity contribution in [1.29, 1.82) is 0 Å². The summed E-state index contributed by atoms with van der Waals surface area (Å²) < 4.78 is 0. The van der Waals surface area contributed by atoms with Crippen LogP contribution in [0.25, 0.3) is 11.4 Å². The molecule has 2 saturated carbocycles. The number of aromatic nitrogens is 2. The van der Waals surface area contributed by atoms with Gasteiger partial charge < -0.3 is 25.7 Å². The predicted molar refractivity (Wildman–Crippen MR) is 191 cm³/mol.